The van der Waals surface area contributed by atoms with Gasteiger partial charge in [0.2, 0.25) is 0 Å². The van der Waals surface area contributed by atoms with Crippen LogP contribution in [0, 0.1) is 5.82 Å². The Kier molecular flexibility index (Phi) is 2.70. The summed E-state index contributed by atoms with van der Waals surface area (Å²) in [4.78, 5) is 15.4. The van der Waals surface area contributed by atoms with Crippen molar-refractivity contribution in [1.82, 2.24) is 9.55 Å². The summed E-state index contributed by atoms with van der Waals surface area (Å²) in [6.45, 7) is 1.43. The van der Waals surface area contributed by atoms with Crippen LogP contribution in [0.3, 0.4) is 0 Å². The van der Waals surface area contributed by atoms with Crippen LogP contribution in [0.1, 0.15) is 16.9 Å². The van der Waals surface area contributed by atoms with Gasteiger partial charge >= 0.3 is 5.97 Å². The molecule has 3 rings (SSSR count). The Balaban J connectivity index is 2.16. The maximum atomic E-state index is 12.9. The summed E-state index contributed by atoms with van der Waals surface area (Å²) >= 11 is 0. The third-order valence-corrected chi connectivity index (χ3v) is 3.12. The van der Waals surface area contributed by atoms with Gasteiger partial charge in [0.15, 0.2) is 5.69 Å². The lowest BCUT2D eigenvalue weighted by molar-refractivity contribution is 0.0692. The standard InChI is InChI=1S/C13H12FN3O2/c14-9-4-2-8(3-5-9)11-16-10(13(18)19)12-15-6-1-7-17(11)12/h2-5,15H,1,6-7H2,(H,18,19). The quantitative estimate of drug-likeness (QED) is 0.869. The molecular weight excluding hydrogens is 249 g/mol. The Labute approximate surface area is 108 Å². The molecule has 1 aromatic carbocycles. The molecule has 98 valence electrons. The van der Waals surface area contributed by atoms with Crippen LogP contribution < -0.4 is 5.32 Å². The normalized spacial score (nSPS) is 13.7. The minimum absolute atomic E-state index is 0.0130. The lowest BCUT2D eigenvalue weighted by Gasteiger charge is -2.18. The van der Waals surface area contributed by atoms with E-state index in [9.17, 15) is 9.18 Å². The minimum Gasteiger partial charge on any atom is -0.476 e. The number of carboxylic acids is 1. The maximum Gasteiger partial charge on any atom is 0.358 e. The molecule has 0 bridgehead atoms. The molecule has 0 aliphatic carbocycles. The third-order valence-electron chi connectivity index (χ3n) is 3.12. The molecule has 0 spiro atoms. The van der Waals surface area contributed by atoms with Crippen molar-refractivity contribution in [3.63, 3.8) is 0 Å². The topological polar surface area (TPSA) is 67.1 Å². The van der Waals surface area contributed by atoms with Crippen LogP contribution in [-0.2, 0) is 6.54 Å². The van der Waals surface area contributed by atoms with Gasteiger partial charge in [0.05, 0.1) is 0 Å². The van der Waals surface area contributed by atoms with Crippen molar-refractivity contribution in [3.8, 4) is 11.4 Å². The highest BCUT2D eigenvalue weighted by molar-refractivity contribution is 5.92. The molecule has 0 amide bonds. The van der Waals surface area contributed by atoms with Gasteiger partial charge in [-0.25, -0.2) is 14.2 Å². The van der Waals surface area contributed by atoms with Crippen LogP contribution in [0.2, 0.25) is 0 Å². The van der Waals surface area contributed by atoms with Crippen molar-refractivity contribution >= 4 is 11.8 Å². The first kappa shape index (κ1) is 11.7. The highest BCUT2D eigenvalue weighted by Crippen LogP contribution is 2.28. The van der Waals surface area contributed by atoms with Crippen LogP contribution >= 0.6 is 0 Å². The van der Waals surface area contributed by atoms with E-state index >= 15 is 0 Å². The number of imidazole rings is 1. The predicted octanol–water partition coefficient (Wildman–Crippen LogP) is 2.20. The van der Waals surface area contributed by atoms with Gasteiger partial charge in [-0.2, -0.15) is 0 Å². The maximum absolute atomic E-state index is 12.9. The Bertz CT molecular complexity index is 634. The Hall–Kier alpha value is -2.37. The third kappa shape index (κ3) is 1.95. The molecule has 0 atom stereocenters. The predicted molar refractivity (Wildman–Crippen MR) is 67.7 cm³/mol. The second-order valence-corrected chi connectivity index (χ2v) is 4.38. The monoisotopic (exact) mass is 261 g/mol. The molecule has 0 fully saturated rings. The number of halogens is 1. The molecule has 19 heavy (non-hydrogen) atoms. The van der Waals surface area contributed by atoms with Crippen molar-refractivity contribution in [2.24, 2.45) is 0 Å². The summed E-state index contributed by atoms with van der Waals surface area (Å²) in [5.74, 6) is -0.310. The van der Waals surface area contributed by atoms with Gasteiger partial charge in [0, 0.05) is 18.7 Å². The fourth-order valence-corrected chi connectivity index (χ4v) is 2.26. The van der Waals surface area contributed by atoms with Gasteiger partial charge in [0.25, 0.3) is 0 Å². The Morgan fingerprint density at radius 1 is 1.37 bits per heavy atom. The molecular formula is C13H12FN3O2. The highest BCUT2D eigenvalue weighted by atomic mass is 19.1. The average Bonchev–Trinajstić information content (AvgIpc) is 2.79. The first-order chi connectivity index (χ1) is 9.16. The SMILES string of the molecule is O=C(O)c1nc(-c2ccc(F)cc2)n2c1NCCC2. The van der Waals surface area contributed by atoms with E-state index < -0.39 is 5.97 Å². The Morgan fingerprint density at radius 3 is 2.79 bits per heavy atom. The molecule has 1 aliphatic heterocycles. The van der Waals surface area contributed by atoms with E-state index in [-0.39, 0.29) is 11.5 Å². The summed E-state index contributed by atoms with van der Waals surface area (Å²) in [7, 11) is 0. The number of aromatic carboxylic acids is 1. The number of fused-ring (bicyclic) bond motifs is 1. The van der Waals surface area contributed by atoms with Crippen LogP contribution in [-0.4, -0.2) is 27.2 Å². The van der Waals surface area contributed by atoms with E-state index in [4.69, 9.17) is 5.11 Å². The van der Waals surface area contributed by atoms with E-state index in [1.807, 2.05) is 4.57 Å². The molecule has 2 heterocycles. The number of nitrogens with zero attached hydrogens (tertiary/aromatic N) is 2. The molecule has 0 saturated heterocycles. The second-order valence-electron chi connectivity index (χ2n) is 4.38. The fraction of sp³-hybridized carbons (Fsp3) is 0.231. The van der Waals surface area contributed by atoms with Gasteiger partial charge in [-0.05, 0) is 30.7 Å². The van der Waals surface area contributed by atoms with Crippen LogP contribution in [0.15, 0.2) is 24.3 Å². The average molecular weight is 261 g/mol. The number of benzene rings is 1. The summed E-state index contributed by atoms with van der Waals surface area (Å²) in [5, 5.41) is 12.2. The molecule has 6 heteroatoms. The van der Waals surface area contributed by atoms with E-state index in [0.29, 0.717) is 23.8 Å². The van der Waals surface area contributed by atoms with Crippen LogP contribution in [0.25, 0.3) is 11.4 Å². The van der Waals surface area contributed by atoms with Crippen LogP contribution in [0.5, 0.6) is 0 Å². The molecule has 0 saturated carbocycles. The minimum atomic E-state index is -1.06. The first-order valence-electron chi connectivity index (χ1n) is 6.00. The van der Waals surface area contributed by atoms with Gasteiger partial charge in [-0.15, -0.1) is 0 Å². The zero-order valence-corrected chi connectivity index (χ0v) is 10.1. The summed E-state index contributed by atoms with van der Waals surface area (Å²) in [5.41, 5.74) is 0.720. The molecule has 5 nitrogen and oxygen atoms in total. The van der Waals surface area contributed by atoms with Gasteiger partial charge < -0.3 is 15.0 Å². The molecule has 2 N–H and O–H groups in total. The molecule has 1 aliphatic rings. The van der Waals surface area contributed by atoms with E-state index in [1.165, 1.54) is 12.1 Å². The summed E-state index contributed by atoms with van der Waals surface area (Å²) in [6, 6.07) is 5.89. The zero-order chi connectivity index (χ0) is 13.4. The number of rotatable bonds is 2. The number of aromatic nitrogens is 2. The molecule has 0 unspecified atom stereocenters. The number of nitrogens with one attached hydrogen (secondary N) is 1. The van der Waals surface area contributed by atoms with E-state index in [2.05, 4.69) is 10.3 Å². The Morgan fingerprint density at radius 2 is 2.11 bits per heavy atom. The number of carboxylic acid groups (broad SMARTS) is 1. The van der Waals surface area contributed by atoms with Crippen molar-refractivity contribution in [1.29, 1.82) is 0 Å². The number of anilines is 1. The van der Waals surface area contributed by atoms with E-state index in [1.54, 1.807) is 12.1 Å². The van der Waals surface area contributed by atoms with E-state index in [0.717, 1.165) is 13.0 Å². The number of hydrogen-bond donors (Lipinski definition) is 2. The lowest BCUT2D eigenvalue weighted by atomic mass is 10.2. The molecule has 0 radical (unpaired) electrons. The van der Waals surface area contributed by atoms with Gasteiger partial charge in [-0.3, -0.25) is 0 Å². The zero-order valence-electron chi connectivity index (χ0n) is 10.1. The first-order valence-corrected chi connectivity index (χ1v) is 6.00. The molecule has 2 aromatic rings. The van der Waals surface area contributed by atoms with Gasteiger partial charge in [0.1, 0.15) is 17.5 Å². The largest absolute Gasteiger partial charge is 0.476 e. The van der Waals surface area contributed by atoms with Crippen molar-refractivity contribution < 1.29 is 14.3 Å². The second kappa shape index (κ2) is 4.38. The van der Waals surface area contributed by atoms with Gasteiger partial charge in [-0.1, -0.05) is 0 Å². The number of carbonyl (C=O) groups is 1. The smallest absolute Gasteiger partial charge is 0.358 e. The number of hydrogen-bond acceptors (Lipinski definition) is 3. The van der Waals surface area contributed by atoms with Crippen molar-refractivity contribution in [2.75, 3.05) is 11.9 Å². The van der Waals surface area contributed by atoms with Crippen molar-refractivity contribution in [2.45, 2.75) is 13.0 Å². The fourth-order valence-electron chi connectivity index (χ4n) is 2.26. The summed E-state index contributed by atoms with van der Waals surface area (Å²) in [6.07, 6.45) is 0.899. The van der Waals surface area contributed by atoms with Crippen molar-refractivity contribution in [3.05, 3.63) is 35.8 Å². The highest BCUT2D eigenvalue weighted by Gasteiger charge is 2.24. The summed E-state index contributed by atoms with van der Waals surface area (Å²) < 4.78 is 14.8. The van der Waals surface area contributed by atoms with Crippen LogP contribution in [0.4, 0.5) is 10.2 Å². The lowest BCUT2D eigenvalue weighted by Crippen LogP contribution is -2.19. The molecule has 1 aromatic heterocycles.